The fraction of sp³-hybridized carbons (Fsp3) is 0.312. The lowest BCUT2D eigenvalue weighted by molar-refractivity contribution is -0.138. The minimum atomic E-state index is -4.60. The Morgan fingerprint density at radius 2 is 1.92 bits per heavy atom. The summed E-state index contributed by atoms with van der Waals surface area (Å²) in [6.45, 7) is 0. The summed E-state index contributed by atoms with van der Waals surface area (Å²) in [5.74, 6) is -0.310. The van der Waals surface area contributed by atoms with Crippen molar-refractivity contribution in [3.05, 3.63) is 42.4 Å². The lowest BCUT2D eigenvalue weighted by atomic mass is 9.90. The number of benzene rings is 1. The zero-order valence-corrected chi connectivity index (χ0v) is 12.9. The van der Waals surface area contributed by atoms with Crippen LogP contribution in [0.15, 0.2) is 36.8 Å². The van der Waals surface area contributed by atoms with Crippen molar-refractivity contribution < 1.29 is 17.9 Å². The molecule has 0 unspecified atom stereocenters. The molecular weight excluding hydrogens is 335 g/mol. The maximum absolute atomic E-state index is 13.4. The molecule has 2 aromatic heterocycles. The zero-order valence-electron chi connectivity index (χ0n) is 12.9. The molecule has 1 saturated carbocycles. The van der Waals surface area contributed by atoms with Gasteiger partial charge in [0.1, 0.15) is 18.0 Å². The van der Waals surface area contributed by atoms with Crippen LogP contribution < -0.4 is 10.5 Å². The van der Waals surface area contributed by atoms with Crippen molar-refractivity contribution in [1.82, 2.24) is 19.5 Å². The minimum Gasteiger partial charge on any atom is -0.460 e. The molecule has 3 aromatic rings. The maximum Gasteiger partial charge on any atom is 0.421 e. The van der Waals surface area contributed by atoms with Crippen LogP contribution in [0.5, 0.6) is 6.01 Å². The van der Waals surface area contributed by atoms with Crippen LogP contribution in [-0.2, 0) is 6.18 Å². The van der Waals surface area contributed by atoms with Crippen molar-refractivity contribution in [2.45, 2.75) is 31.2 Å². The number of aromatic nitrogens is 4. The van der Waals surface area contributed by atoms with Gasteiger partial charge in [0.2, 0.25) is 0 Å². The first-order valence-electron chi connectivity index (χ1n) is 7.71. The second-order valence-electron chi connectivity index (χ2n) is 5.96. The van der Waals surface area contributed by atoms with E-state index in [4.69, 9.17) is 10.5 Å². The molecule has 0 radical (unpaired) electrons. The van der Waals surface area contributed by atoms with Crippen molar-refractivity contribution in [3.63, 3.8) is 0 Å². The highest BCUT2D eigenvalue weighted by atomic mass is 19.4. The molecule has 0 amide bonds. The third kappa shape index (κ3) is 2.91. The number of nitrogens with zero attached hydrogens (tertiary/aromatic N) is 4. The van der Waals surface area contributed by atoms with E-state index >= 15 is 0 Å². The Morgan fingerprint density at radius 1 is 1.16 bits per heavy atom. The van der Waals surface area contributed by atoms with Gasteiger partial charge in [0.05, 0.1) is 11.0 Å². The first-order valence-corrected chi connectivity index (χ1v) is 7.71. The summed E-state index contributed by atoms with van der Waals surface area (Å²) in [6.07, 6.45) is -1.45. The van der Waals surface area contributed by atoms with Crippen LogP contribution in [0, 0.1) is 0 Å². The van der Waals surface area contributed by atoms with E-state index in [1.807, 2.05) is 0 Å². The molecule has 1 aromatic carbocycles. The third-order valence-corrected chi connectivity index (χ3v) is 4.14. The number of rotatable bonds is 3. The van der Waals surface area contributed by atoms with Gasteiger partial charge in [-0.3, -0.25) is 4.57 Å². The lowest BCUT2D eigenvalue weighted by Gasteiger charge is -2.31. The van der Waals surface area contributed by atoms with E-state index in [-0.39, 0.29) is 24.0 Å². The minimum absolute atomic E-state index is 0.0523. The molecule has 0 bridgehead atoms. The van der Waals surface area contributed by atoms with E-state index in [2.05, 4.69) is 15.0 Å². The van der Waals surface area contributed by atoms with Crippen LogP contribution >= 0.6 is 0 Å². The molecule has 2 heterocycles. The highest BCUT2D eigenvalue weighted by Crippen LogP contribution is 2.34. The van der Waals surface area contributed by atoms with Crippen molar-refractivity contribution in [1.29, 1.82) is 0 Å². The number of halogens is 3. The number of fused-ring (bicyclic) bond motifs is 1. The highest BCUT2D eigenvalue weighted by Gasteiger charge is 2.37. The monoisotopic (exact) mass is 349 g/mol. The Bertz CT molecular complexity index is 918. The maximum atomic E-state index is 13.4. The average molecular weight is 349 g/mol. The molecule has 130 valence electrons. The third-order valence-electron chi connectivity index (χ3n) is 4.14. The van der Waals surface area contributed by atoms with Gasteiger partial charge in [0.25, 0.3) is 0 Å². The summed E-state index contributed by atoms with van der Waals surface area (Å²) in [7, 11) is 0. The molecule has 0 aliphatic heterocycles. The van der Waals surface area contributed by atoms with Crippen LogP contribution in [0.1, 0.15) is 18.4 Å². The number of imidazole rings is 1. The summed E-state index contributed by atoms with van der Waals surface area (Å²) >= 11 is 0. The van der Waals surface area contributed by atoms with Crippen molar-refractivity contribution in [3.8, 4) is 11.8 Å². The van der Waals surface area contributed by atoms with Gasteiger partial charge < -0.3 is 10.5 Å². The van der Waals surface area contributed by atoms with Gasteiger partial charge in [-0.05, 0) is 25.0 Å². The molecule has 1 fully saturated rings. The van der Waals surface area contributed by atoms with Crippen LogP contribution in [-0.4, -0.2) is 31.7 Å². The van der Waals surface area contributed by atoms with Crippen molar-refractivity contribution in [2.75, 3.05) is 0 Å². The van der Waals surface area contributed by atoms with Crippen LogP contribution in [0.2, 0.25) is 0 Å². The summed E-state index contributed by atoms with van der Waals surface area (Å²) in [6, 6.07) is 6.83. The first kappa shape index (κ1) is 15.8. The smallest absolute Gasteiger partial charge is 0.421 e. The van der Waals surface area contributed by atoms with E-state index < -0.39 is 11.7 Å². The SMILES string of the molecule is NC1CC(Oc2ncc(C(F)(F)F)c(-n3cnc4ccccc43)n2)C1. The van der Waals surface area contributed by atoms with Gasteiger partial charge in [-0.15, -0.1) is 0 Å². The molecule has 9 heteroatoms. The second-order valence-corrected chi connectivity index (χ2v) is 5.96. The van der Waals surface area contributed by atoms with Crippen LogP contribution in [0.4, 0.5) is 13.2 Å². The molecule has 0 spiro atoms. The van der Waals surface area contributed by atoms with Crippen LogP contribution in [0.3, 0.4) is 0 Å². The molecule has 1 aliphatic carbocycles. The molecule has 1 aliphatic rings. The molecule has 4 rings (SSSR count). The fourth-order valence-electron chi connectivity index (χ4n) is 2.78. The van der Waals surface area contributed by atoms with Gasteiger partial charge in [-0.1, -0.05) is 12.1 Å². The summed E-state index contributed by atoms with van der Waals surface area (Å²) in [5.41, 5.74) is 5.83. The number of ether oxygens (including phenoxy) is 1. The van der Waals surface area contributed by atoms with E-state index in [9.17, 15) is 13.2 Å². The Hall–Kier alpha value is -2.68. The number of alkyl halides is 3. The van der Waals surface area contributed by atoms with E-state index in [0.29, 0.717) is 23.9 Å². The van der Waals surface area contributed by atoms with E-state index in [0.717, 1.165) is 6.20 Å². The summed E-state index contributed by atoms with van der Waals surface area (Å²) in [4.78, 5) is 11.8. The predicted octanol–water partition coefficient (Wildman–Crippen LogP) is 2.70. The Balaban J connectivity index is 1.80. The van der Waals surface area contributed by atoms with Gasteiger partial charge in [-0.25, -0.2) is 9.97 Å². The molecule has 6 nitrogen and oxygen atoms in total. The number of hydrogen-bond donors (Lipinski definition) is 1. The molecule has 0 saturated heterocycles. The fourth-order valence-corrected chi connectivity index (χ4v) is 2.78. The quantitative estimate of drug-likeness (QED) is 0.786. The first-order chi connectivity index (χ1) is 11.9. The number of hydrogen-bond acceptors (Lipinski definition) is 5. The van der Waals surface area contributed by atoms with Crippen molar-refractivity contribution >= 4 is 11.0 Å². The van der Waals surface area contributed by atoms with E-state index in [1.165, 1.54) is 10.9 Å². The number of nitrogens with two attached hydrogens (primary N) is 1. The molecular formula is C16H14F3N5O. The predicted molar refractivity (Wildman–Crippen MR) is 83.3 cm³/mol. The highest BCUT2D eigenvalue weighted by molar-refractivity contribution is 5.77. The zero-order chi connectivity index (χ0) is 17.6. The van der Waals surface area contributed by atoms with Gasteiger partial charge in [0.15, 0.2) is 5.82 Å². The summed E-state index contributed by atoms with van der Waals surface area (Å²) in [5, 5.41) is 0. The number of para-hydroxylation sites is 2. The van der Waals surface area contributed by atoms with Crippen molar-refractivity contribution in [2.24, 2.45) is 5.73 Å². The Labute approximate surface area is 140 Å². The van der Waals surface area contributed by atoms with Gasteiger partial charge in [0, 0.05) is 12.2 Å². The average Bonchev–Trinajstić information content (AvgIpc) is 2.96. The second kappa shape index (κ2) is 5.69. The molecule has 0 atom stereocenters. The standard InChI is InChI=1S/C16H14F3N5O/c17-16(18,19)11-7-21-15(25-10-5-9(20)6-10)23-14(11)24-8-22-12-3-1-2-4-13(12)24/h1-4,7-10H,5-6,20H2. The van der Waals surface area contributed by atoms with Crippen LogP contribution in [0.25, 0.3) is 16.9 Å². The van der Waals surface area contributed by atoms with Gasteiger partial charge in [-0.2, -0.15) is 18.2 Å². The lowest BCUT2D eigenvalue weighted by Crippen LogP contribution is -2.43. The molecule has 25 heavy (non-hydrogen) atoms. The Kier molecular flexibility index (Phi) is 3.60. The largest absolute Gasteiger partial charge is 0.460 e. The molecule has 2 N–H and O–H groups in total. The Morgan fingerprint density at radius 3 is 2.64 bits per heavy atom. The van der Waals surface area contributed by atoms with E-state index in [1.54, 1.807) is 24.3 Å². The topological polar surface area (TPSA) is 78.9 Å². The normalized spacial score (nSPS) is 20.5. The van der Waals surface area contributed by atoms with Gasteiger partial charge >= 0.3 is 12.2 Å². The summed E-state index contributed by atoms with van der Waals surface area (Å²) < 4.78 is 47.0.